The number of benzene rings is 2. The monoisotopic (exact) mass is 486 g/mol. The lowest BCUT2D eigenvalue weighted by atomic mass is 10.0. The predicted molar refractivity (Wildman–Crippen MR) is 135 cm³/mol. The van der Waals surface area contributed by atoms with E-state index in [0.29, 0.717) is 24.0 Å². The molecule has 176 valence electrons. The van der Waals surface area contributed by atoms with Gasteiger partial charge in [-0.3, -0.25) is 14.1 Å². The van der Waals surface area contributed by atoms with Gasteiger partial charge in [0.05, 0.1) is 33.2 Å². The van der Waals surface area contributed by atoms with Gasteiger partial charge in [0.2, 0.25) is 5.95 Å². The number of nitrogens with zero attached hydrogens (tertiary/aromatic N) is 5. The molecule has 10 heteroatoms. The van der Waals surface area contributed by atoms with Crippen molar-refractivity contribution in [3.05, 3.63) is 77.1 Å². The molecule has 6 rings (SSSR count). The molecule has 0 bridgehead atoms. The van der Waals surface area contributed by atoms with Crippen LogP contribution in [0.5, 0.6) is 0 Å². The minimum Gasteiger partial charge on any atom is -0.368 e. The molecular weight excluding hydrogens is 464 g/mol. The Labute approximate surface area is 200 Å². The van der Waals surface area contributed by atoms with Gasteiger partial charge in [0.15, 0.2) is 9.84 Å². The second kappa shape index (κ2) is 7.22. The van der Waals surface area contributed by atoms with Crippen LogP contribution in [0.4, 0.5) is 5.95 Å². The molecule has 0 atom stereocenters. The smallest absolute Gasteiger partial charge is 0.333 e. The average molecular weight is 487 g/mol. The van der Waals surface area contributed by atoms with Crippen molar-refractivity contribution in [3.8, 4) is 16.8 Å². The SMILES string of the molecule is Cn1c(=O)n(-c2ccc(C3(S(C)(=O)=O)CC3)cc2)c2c3cc(-c4cnc(N)nc4)ccc3ncc21. The van der Waals surface area contributed by atoms with Crippen LogP contribution in [0.1, 0.15) is 18.4 Å². The van der Waals surface area contributed by atoms with Crippen LogP contribution in [0.25, 0.3) is 38.8 Å². The van der Waals surface area contributed by atoms with E-state index in [1.807, 2.05) is 42.5 Å². The molecule has 0 spiro atoms. The lowest BCUT2D eigenvalue weighted by molar-refractivity contribution is 0.586. The summed E-state index contributed by atoms with van der Waals surface area (Å²) in [5, 5.41) is 0.799. The Hall–Kier alpha value is -4.05. The van der Waals surface area contributed by atoms with Crippen LogP contribution in [-0.2, 0) is 21.6 Å². The maximum Gasteiger partial charge on any atom is 0.333 e. The van der Waals surface area contributed by atoms with Gasteiger partial charge in [-0.2, -0.15) is 0 Å². The number of imidazole rings is 1. The van der Waals surface area contributed by atoms with Gasteiger partial charge in [-0.1, -0.05) is 18.2 Å². The van der Waals surface area contributed by atoms with Crippen LogP contribution in [0.3, 0.4) is 0 Å². The van der Waals surface area contributed by atoms with Crippen molar-refractivity contribution in [1.82, 2.24) is 24.1 Å². The molecule has 5 aromatic rings. The first kappa shape index (κ1) is 21.5. The number of aromatic nitrogens is 5. The maximum absolute atomic E-state index is 13.3. The number of fused-ring (bicyclic) bond motifs is 3. The van der Waals surface area contributed by atoms with Crippen LogP contribution >= 0.6 is 0 Å². The van der Waals surface area contributed by atoms with Gasteiger partial charge in [0.25, 0.3) is 0 Å². The number of aryl methyl sites for hydroxylation is 1. The number of pyridine rings is 1. The van der Waals surface area contributed by atoms with E-state index >= 15 is 0 Å². The van der Waals surface area contributed by atoms with E-state index < -0.39 is 14.6 Å². The molecule has 1 fully saturated rings. The summed E-state index contributed by atoms with van der Waals surface area (Å²) in [6, 6.07) is 13.0. The van der Waals surface area contributed by atoms with Crippen molar-refractivity contribution in [2.24, 2.45) is 7.05 Å². The summed E-state index contributed by atoms with van der Waals surface area (Å²) >= 11 is 0. The van der Waals surface area contributed by atoms with Gasteiger partial charge in [-0.25, -0.2) is 23.2 Å². The van der Waals surface area contributed by atoms with Gasteiger partial charge < -0.3 is 5.73 Å². The number of hydrogen-bond donors (Lipinski definition) is 1. The standard InChI is InChI=1S/C25H22N6O3S/c1-30-21-14-27-20-8-3-15(16-12-28-23(26)29-13-16)11-19(20)22(21)31(24(30)32)18-6-4-17(5-7-18)25(9-10-25)35(2,33)34/h3-8,11-14H,9-10H2,1-2H3,(H2,26,28,29). The lowest BCUT2D eigenvalue weighted by Crippen LogP contribution is -2.21. The van der Waals surface area contributed by atoms with Crippen molar-refractivity contribution in [3.63, 3.8) is 0 Å². The number of sulfone groups is 1. The minimum absolute atomic E-state index is 0.197. The molecule has 3 heterocycles. The summed E-state index contributed by atoms with van der Waals surface area (Å²) in [5.74, 6) is 0.197. The van der Waals surface area contributed by atoms with Gasteiger partial charge in [-0.15, -0.1) is 0 Å². The van der Waals surface area contributed by atoms with Gasteiger partial charge in [0.1, 0.15) is 0 Å². The zero-order chi connectivity index (χ0) is 24.5. The van der Waals surface area contributed by atoms with Crippen LogP contribution in [0.15, 0.2) is 65.8 Å². The summed E-state index contributed by atoms with van der Waals surface area (Å²) in [6.07, 6.45) is 7.53. The Morgan fingerprint density at radius 3 is 2.26 bits per heavy atom. The molecule has 1 aliphatic rings. The summed E-state index contributed by atoms with van der Waals surface area (Å²) in [5.41, 5.74) is 10.6. The van der Waals surface area contributed by atoms with Crippen molar-refractivity contribution >= 4 is 37.7 Å². The molecule has 0 radical (unpaired) electrons. The van der Waals surface area contributed by atoms with E-state index in [2.05, 4.69) is 15.0 Å². The molecular formula is C25H22N6O3S. The Kier molecular flexibility index (Phi) is 4.43. The highest BCUT2D eigenvalue weighted by atomic mass is 32.2. The molecule has 3 aromatic heterocycles. The van der Waals surface area contributed by atoms with Crippen molar-refractivity contribution in [1.29, 1.82) is 0 Å². The first-order valence-electron chi connectivity index (χ1n) is 11.1. The molecule has 1 saturated carbocycles. The fourth-order valence-corrected chi connectivity index (χ4v) is 6.21. The number of rotatable bonds is 4. The molecule has 0 aliphatic heterocycles. The zero-order valence-electron chi connectivity index (χ0n) is 19.1. The van der Waals surface area contributed by atoms with E-state index in [-0.39, 0.29) is 11.6 Å². The fourth-order valence-electron chi connectivity index (χ4n) is 4.80. The summed E-state index contributed by atoms with van der Waals surface area (Å²) in [7, 11) is -1.51. The van der Waals surface area contributed by atoms with Gasteiger partial charge >= 0.3 is 5.69 Å². The topological polar surface area (TPSA) is 126 Å². The summed E-state index contributed by atoms with van der Waals surface area (Å²) in [6.45, 7) is 0. The third kappa shape index (κ3) is 3.17. The minimum atomic E-state index is -3.22. The molecule has 0 amide bonds. The van der Waals surface area contributed by atoms with E-state index in [1.165, 1.54) is 6.26 Å². The quantitative estimate of drug-likeness (QED) is 0.414. The Bertz CT molecular complexity index is 1800. The van der Waals surface area contributed by atoms with Crippen LogP contribution in [0.2, 0.25) is 0 Å². The van der Waals surface area contributed by atoms with Crippen LogP contribution in [-0.4, -0.2) is 38.8 Å². The molecule has 9 nitrogen and oxygen atoms in total. The average Bonchev–Trinajstić information content (AvgIpc) is 3.63. The van der Waals surface area contributed by atoms with Crippen LogP contribution < -0.4 is 11.4 Å². The third-order valence-electron chi connectivity index (χ3n) is 6.95. The highest BCUT2D eigenvalue weighted by Gasteiger charge is 2.53. The Morgan fingerprint density at radius 1 is 0.943 bits per heavy atom. The molecule has 2 N–H and O–H groups in total. The normalized spacial score (nSPS) is 15.0. The molecule has 0 unspecified atom stereocenters. The van der Waals surface area contributed by atoms with Gasteiger partial charge in [-0.05, 0) is 48.2 Å². The van der Waals surface area contributed by atoms with Crippen molar-refractivity contribution < 1.29 is 8.42 Å². The first-order chi connectivity index (χ1) is 16.7. The largest absolute Gasteiger partial charge is 0.368 e. The number of hydrogen-bond acceptors (Lipinski definition) is 7. The Balaban J connectivity index is 1.57. The first-order valence-corrected chi connectivity index (χ1v) is 13.0. The van der Waals surface area contributed by atoms with E-state index in [0.717, 1.165) is 33.1 Å². The van der Waals surface area contributed by atoms with Gasteiger partial charge in [0, 0.05) is 36.6 Å². The fraction of sp³-hybridized carbons (Fsp3) is 0.200. The van der Waals surface area contributed by atoms with Crippen molar-refractivity contribution in [2.45, 2.75) is 17.6 Å². The Morgan fingerprint density at radius 2 is 1.63 bits per heavy atom. The number of nitrogen functional groups attached to an aromatic ring is 1. The summed E-state index contributed by atoms with van der Waals surface area (Å²) < 4.78 is 27.1. The molecule has 35 heavy (non-hydrogen) atoms. The third-order valence-corrected chi connectivity index (χ3v) is 9.02. The summed E-state index contributed by atoms with van der Waals surface area (Å²) in [4.78, 5) is 26.1. The van der Waals surface area contributed by atoms with E-state index in [4.69, 9.17) is 5.73 Å². The highest BCUT2D eigenvalue weighted by Crippen LogP contribution is 2.52. The maximum atomic E-state index is 13.3. The van der Waals surface area contributed by atoms with Crippen LogP contribution in [0, 0.1) is 0 Å². The zero-order valence-corrected chi connectivity index (χ0v) is 20.0. The second-order valence-electron chi connectivity index (χ2n) is 9.04. The number of nitrogens with two attached hydrogens (primary N) is 1. The molecule has 1 aliphatic carbocycles. The number of anilines is 1. The van der Waals surface area contributed by atoms with Crippen molar-refractivity contribution in [2.75, 3.05) is 12.0 Å². The van der Waals surface area contributed by atoms with E-state index in [9.17, 15) is 13.2 Å². The molecule has 0 saturated heterocycles. The second-order valence-corrected chi connectivity index (χ2v) is 11.4. The molecule has 2 aromatic carbocycles. The highest BCUT2D eigenvalue weighted by molar-refractivity contribution is 7.92. The lowest BCUT2D eigenvalue weighted by Gasteiger charge is -2.14. The predicted octanol–water partition coefficient (Wildman–Crippen LogP) is 2.95. The van der Waals surface area contributed by atoms with E-state index in [1.54, 1.807) is 34.8 Å².